The summed E-state index contributed by atoms with van der Waals surface area (Å²) in [5.41, 5.74) is -1.19. The van der Waals surface area contributed by atoms with Gasteiger partial charge in [0.15, 0.2) is 11.9 Å². The summed E-state index contributed by atoms with van der Waals surface area (Å²) in [5.74, 6) is 0.490. The molecule has 1 aromatic rings. The normalized spacial score (nSPS) is 16.9. The van der Waals surface area contributed by atoms with Gasteiger partial charge in [0.25, 0.3) is 5.56 Å². The molecule has 0 saturated carbocycles. The average Bonchev–Trinajstić information content (AvgIpc) is 2.84. The van der Waals surface area contributed by atoms with Crippen molar-refractivity contribution in [3.05, 3.63) is 20.8 Å². The highest BCUT2D eigenvalue weighted by Crippen LogP contribution is 2.37. The minimum absolute atomic E-state index is 0.00147. The van der Waals surface area contributed by atoms with E-state index >= 15 is 0 Å². The number of aromatic nitrogens is 2. The standard InChI is InChI=1S/C18H30N4O4/c1-18(2,3)13(24)16-20(4)12-14(25)19-17(26)21(5)15(12)22(16)10-8-6-7-9-11-23/h16,23H,6-11H2,1-5H3,(H,19,25,26). The number of carbonyl (C=O) groups excluding carboxylic acids is 1. The summed E-state index contributed by atoms with van der Waals surface area (Å²) in [5, 5.41) is 8.91. The molecule has 2 N–H and O–H groups in total. The minimum atomic E-state index is -0.614. The van der Waals surface area contributed by atoms with Crippen LogP contribution < -0.4 is 21.0 Å². The molecule has 8 heteroatoms. The molecular weight excluding hydrogens is 336 g/mol. The fraction of sp³-hybridized carbons (Fsp3) is 0.722. The van der Waals surface area contributed by atoms with Gasteiger partial charge in [-0.3, -0.25) is 19.1 Å². The minimum Gasteiger partial charge on any atom is -0.396 e. The van der Waals surface area contributed by atoms with E-state index < -0.39 is 22.8 Å². The Morgan fingerprint density at radius 3 is 2.31 bits per heavy atom. The van der Waals surface area contributed by atoms with Crippen LogP contribution in [-0.2, 0) is 11.8 Å². The topological polar surface area (TPSA) is 98.6 Å². The maximum atomic E-state index is 13.1. The lowest BCUT2D eigenvalue weighted by Gasteiger charge is -2.33. The Kier molecular flexibility index (Phi) is 5.95. The van der Waals surface area contributed by atoms with Gasteiger partial charge in [0.2, 0.25) is 0 Å². The van der Waals surface area contributed by atoms with Crippen LogP contribution in [0.15, 0.2) is 9.59 Å². The molecule has 26 heavy (non-hydrogen) atoms. The predicted molar refractivity (Wildman–Crippen MR) is 102 cm³/mol. The number of fused-ring (bicyclic) bond motifs is 1. The molecule has 0 aromatic carbocycles. The molecule has 1 aliphatic heterocycles. The van der Waals surface area contributed by atoms with Crippen LogP contribution in [0.25, 0.3) is 0 Å². The number of carbonyl (C=O) groups is 1. The van der Waals surface area contributed by atoms with Crippen molar-refractivity contribution in [2.24, 2.45) is 12.5 Å². The summed E-state index contributed by atoms with van der Waals surface area (Å²) < 4.78 is 1.40. The van der Waals surface area contributed by atoms with Gasteiger partial charge in [-0.1, -0.05) is 33.6 Å². The Labute approximate surface area is 153 Å². The summed E-state index contributed by atoms with van der Waals surface area (Å²) >= 11 is 0. The molecule has 0 radical (unpaired) electrons. The van der Waals surface area contributed by atoms with Gasteiger partial charge in [0.05, 0.1) is 0 Å². The van der Waals surface area contributed by atoms with Gasteiger partial charge >= 0.3 is 5.69 Å². The van der Waals surface area contributed by atoms with Gasteiger partial charge in [0, 0.05) is 32.7 Å². The Hall–Kier alpha value is -2.09. The number of aromatic amines is 1. The molecular formula is C18H30N4O4. The summed E-state index contributed by atoms with van der Waals surface area (Å²) in [6, 6.07) is 0. The van der Waals surface area contributed by atoms with E-state index in [2.05, 4.69) is 4.98 Å². The number of unbranched alkanes of at least 4 members (excludes halogenated alkanes) is 3. The van der Waals surface area contributed by atoms with Crippen LogP contribution in [0.5, 0.6) is 0 Å². The second-order valence-corrected chi connectivity index (χ2v) is 7.92. The fourth-order valence-electron chi connectivity index (χ4n) is 3.37. The van der Waals surface area contributed by atoms with E-state index in [0.29, 0.717) is 18.1 Å². The Bertz CT molecular complexity index is 775. The number of Topliss-reactive ketones (excluding diaryl/α,β-unsaturated/α-hetero) is 1. The van der Waals surface area contributed by atoms with Gasteiger partial charge in [0.1, 0.15) is 11.5 Å². The molecule has 0 spiro atoms. The molecule has 146 valence electrons. The van der Waals surface area contributed by atoms with Crippen molar-refractivity contribution >= 4 is 17.3 Å². The maximum absolute atomic E-state index is 13.1. The van der Waals surface area contributed by atoms with Crippen LogP contribution in [-0.4, -0.2) is 46.8 Å². The van der Waals surface area contributed by atoms with Gasteiger partial charge in [-0.25, -0.2) is 4.79 Å². The summed E-state index contributed by atoms with van der Waals surface area (Å²) in [6.45, 7) is 6.30. The van der Waals surface area contributed by atoms with Crippen LogP contribution in [0.4, 0.5) is 11.5 Å². The third-order valence-corrected chi connectivity index (χ3v) is 4.84. The molecule has 2 heterocycles. The lowest BCUT2D eigenvalue weighted by molar-refractivity contribution is -0.127. The number of nitrogens with zero attached hydrogens (tertiary/aromatic N) is 3. The zero-order valence-electron chi connectivity index (χ0n) is 16.3. The van der Waals surface area contributed by atoms with E-state index in [-0.39, 0.29) is 12.4 Å². The zero-order valence-corrected chi connectivity index (χ0v) is 16.3. The number of anilines is 2. The molecule has 1 aromatic heterocycles. The SMILES string of the molecule is CN1c2c(n(C)c(=O)[nH]c2=O)N(CCCCCCO)C1C(=O)C(C)(C)C. The van der Waals surface area contributed by atoms with Gasteiger partial charge in [-0.15, -0.1) is 0 Å². The average molecular weight is 366 g/mol. The summed E-state index contributed by atoms with van der Waals surface area (Å²) in [7, 11) is 3.33. The molecule has 1 unspecified atom stereocenters. The van der Waals surface area contributed by atoms with E-state index in [0.717, 1.165) is 25.7 Å². The third-order valence-electron chi connectivity index (χ3n) is 4.84. The number of hydrogen-bond donors (Lipinski definition) is 2. The number of aliphatic hydroxyl groups excluding tert-OH is 1. The smallest absolute Gasteiger partial charge is 0.329 e. The number of aliphatic hydroxyl groups is 1. The van der Waals surface area contributed by atoms with Crippen molar-refractivity contribution in [3.63, 3.8) is 0 Å². The lowest BCUT2D eigenvalue weighted by atomic mass is 9.88. The molecule has 8 nitrogen and oxygen atoms in total. The van der Waals surface area contributed by atoms with Crippen molar-refractivity contribution in [2.75, 3.05) is 30.0 Å². The van der Waals surface area contributed by atoms with Crippen molar-refractivity contribution in [3.8, 4) is 0 Å². The van der Waals surface area contributed by atoms with Crippen molar-refractivity contribution < 1.29 is 9.90 Å². The van der Waals surface area contributed by atoms with Crippen LogP contribution in [0.2, 0.25) is 0 Å². The predicted octanol–water partition coefficient (Wildman–Crippen LogP) is 0.824. The number of rotatable bonds is 7. The van der Waals surface area contributed by atoms with Crippen molar-refractivity contribution in [1.82, 2.24) is 9.55 Å². The first kappa shape index (κ1) is 20.2. The first-order chi connectivity index (χ1) is 12.1. The molecule has 0 aliphatic carbocycles. The van der Waals surface area contributed by atoms with Crippen molar-refractivity contribution in [2.45, 2.75) is 52.6 Å². The molecule has 2 rings (SSSR count). The molecule has 0 saturated heterocycles. The Morgan fingerprint density at radius 2 is 1.73 bits per heavy atom. The Balaban J connectivity index is 2.43. The molecule has 1 aliphatic rings. The monoisotopic (exact) mass is 366 g/mol. The highest BCUT2D eigenvalue weighted by molar-refractivity contribution is 5.97. The summed E-state index contributed by atoms with van der Waals surface area (Å²) in [4.78, 5) is 43.4. The van der Waals surface area contributed by atoms with Gasteiger partial charge < -0.3 is 14.9 Å². The Morgan fingerprint density at radius 1 is 1.12 bits per heavy atom. The molecule has 0 amide bonds. The molecule has 0 bridgehead atoms. The first-order valence-electron chi connectivity index (χ1n) is 9.09. The van der Waals surface area contributed by atoms with Gasteiger partial charge in [-0.05, 0) is 12.8 Å². The lowest BCUT2D eigenvalue weighted by Crippen LogP contribution is -2.52. The fourth-order valence-corrected chi connectivity index (χ4v) is 3.37. The number of H-pyrrole nitrogens is 1. The van der Waals surface area contributed by atoms with Crippen molar-refractivity contribution in [1.29, 1.82) is 0 Å². The van der Waals surface area contributed by atoms with Gasteiger partial charge in [-0.2, -0.15) is 0 Å². The molecule has 1 atom stereocenters. The number of nitrogens with one attached hydrogen (secondary N) is 1. The second kappa shape index (κ2) is 7.65. The van der Waals surface area contributed by atoms with Crippen LogP contribution >= 0.6 is 0 Å². The quantitative estimate of drug-likeness (QED) is 0.694. The third kappa shape index (κ3) is 3.70. The van der Waals surface area contributed by atoms with E-state index in [1.807, 2.05) is 25.7 Å². The van der Waals surface area contributed by atoms with E-state index in [9.17, 15) is 14.4 Å². The van der Waals surface area contributed by atoms with Crippen LogP contribution in [0.3, 0.4) is 0 Å². The first-order valence-corrected chi connectivity index (χ1v) is 9.09. The number of ketones is 1. The summed E-state index contributed by atoms with van der Waals surface area (Å²) in [6.07, 6.45) is 2.75. The number of hydrogen-bond acceptors (Lipinski definition) is 6. The molecule has 0 fully saturated rings. The largest absolute Gasteiger partial charge is 0.396 e. The maximum Gasteiger partial charge on any atom is 0.329 e. The van der Waals surface area contributed by atoms with E-state index in [4.69, 9.17) is 5.11 Å². The van der Waals surface area contributed by atoms with E-state index in [1.54, 1.807) is 19.0 Å². The van der Waals surface area contributed by atoms with Crippen LogP contribution in [0.1, 0.15) is 46.5 Å². The number of likely N-dealkylation sites (N-methyl/N-ethyl adjacent to an activating group) is 1. The highest BCUT2D eigenvalue weighted by atomic mass is 16.3. The van der Waals surface area contributed by atoms with Crippen LogP contribution in [0, 0.1) is 5.41 Å². The second-order valence-electron chi connectivity index (χ2n) is 7.92. The highest BCUT2D eigenvalue weighted by Gasteiger charge is 2.45. The zero-order chi connectivity index (χ0) is 19.6. The van der Waals surface area contributed by atoms with E-state index in [1.165, 1.54) is 4.57 Å².